The number of ether oxygens (including phenoxy) is 2. The first kappa shape index (κ1) is 16.6. The second kappa shape index (κ2) is 10.4. The Balaban J connectivity index is 2.55. The van der Waals surface area contributed by atoms with Gasteiger partial charge in [0.05, 0.1) is 6.10 Å². The molecule has 3 nitrogen and oxygen atoms in total. The highest BCUT2D eigenvalue weighted by Crippen LogP contribution is 2.25. The first-order valence-corrected chi connectivity index (χ1v) is 7.64. The summed E-state index contributed by atoms with van der Waals surface area (Å²) in [5, 5.41) is 3.42. The summed E-state index contributed by atoms with van der Waals surface area (Å²) < 4.78 is 12.1. The standard InChI is InChI=1S/C15H24BrNO2/c1-3-9-17-12-15(19-11-6-10-18-2)13-7-4-5-8-14(13)16/h4-5,7-8,15,17H,3,6,9-12H2,1-2H3. The fourth-order valence-corrected chi connectivity index (χ4v) is 2.37. The molecule has 0 bridgehead atoms. The van der Waals surface area contributed by atoms with Gasteiger partial charge in [0.1, 0.15) is 0 Å². The van der Waals surface area contributed by atoms with Crippen LogP contribution in [0.25, 0.3) is 0 Å². The van der Waals surface area contributed by atoms with Crippen LogP contribution in [-0.4, -0.2) is 33.4 Å². The number of rotatable bonds is 10. The molecule has 0 fully saturated rings. The number of methoxy groups -OCH3 is 1. The van der Waals surface area contributed by atoms with Crippen molar-refractivity contribution in [1.29, 1.82) is 0 Å². The molecule has 1 aromatic carbocycles. The summed E-state index contributed by atoms with van der Waals surface area (Å²) in [6.45, 7) is 5.48. The SMILES string of the molecule is CCCNCC(OCCCOC)c1ccccc1Br. The van der Waals surface area contributed by atoms with Crippen molar-refractivity contribution in [2.75, 3.05) is 33.4 Å². The van der Waals surface area contributed by atoms with Crippen molar-refractivity contribution in [1.82, 2.24) is 5.32 Å². The number of benzene rings is 1. The predicted molar refractivity (Wildman–Crippen MR) is 82.5 cm³/mol. The number of hydrogen-bond donors (Lipinski definition) is 1. The second-order valence-corrected chi connectivity index (χ2v) is 5.29. The van der Waals surface area contributed by atoms with Gasteiger partial charge in [0.2, 0.25) is 0 Å². The molecule has 0 aromatic heterocycles. The van der Waals surface area contributed by atoms with Crippen LogP contribution in [0.3, 0.4) is 0 Å². The molecule has 1 aromatic rings. The second-order valence-electron chi connectivity index (χ2n) is 4.43. The molecule has 0 amide bonds. The van der Waals surface area contributed by atoms with E-state index in [9.17, 15) is 0 Å². The van der Waals surface area contributed by atoms with Gasteiger partial charge in [0.25, 0.3) is 0 Å². The van der Waals surface area contributed by atoms with Crippen molar-refractivity contribution in [3.63, 3.8) is 0 Å². The van der Waals surface area contributed by atoms with Crippen molar-refractivity contribution in [2.24, 2.45) is 0 Å². The van der Waals surface area contributed by atoms with Gasteiger partial charge in [-0.1, -0.05) is 41.1 Å². The van der Waals surface area contributed by atoms with Gasteiger partial charge in [-0.05, 0) is 31.0 Å². The van der Waals surface area contributed by atoms with E-state index in [1.807, 2.05) is 12.1 Å². The average molecular weight is 330 g/mol. The van der Waals surface area contributed by atoms with E-state index in [2.05, 4.69) is 40.3 Å². The highest BCUT2D eigenvalue weighted by molar-refractivity contribution is 9.10. The number of hydrogen-bond acceptors (Lipinski definition) is 3. The molecule has 0 aliphatic heterocycles. The maximum atomic E-state index is 5.99. The lowest BCUT2D eigenvalue weighted by atomic mass is 10.1. The summed E-state index contributed by atoms with van der Waals surface area (Å²) in [5.74, 6) is 0. The average Bonchev–Trinajstić information content (AvgIpc) is 2.42. The van der Waals surface area contributed by atoms with Gasteiger partial charge in [0.15, 0.2) is 0 Å². The van der Waals surface area contributed by atoms with E-state index in [0.717, 1.165) is 37.0 Å². The van der Waals surface area contributed by atoms with Crippen LogP contribution in [0.4, 0.5) is 0 Å². The van der Waals surface area contributed by atoms with Crippen LogP contribution in [0.5, 0.6) is 0 Å². The van der Waals surface area contributed by atoms with E-state index in [1.165, 1.54) is 5.56 Å². The van der Waals surface area contributed by atoms with Gasteiger partial charge in [-0.3, -0.25) is 0 Å². The lowest BCUT2D eigenvalue weighted by molar-refractivity contribution is 0.0385. The van der Waals surface area contributed by atoms with Crippen molar-refractivity contribution in [2.45, 2.75) is 25.9 Å². The third kappa shape index (κ3) is 6.52. The Morgan fingerprint density at radius 2 is 2.05 bits per heavy atom. The molecule has 0 aliphatic rings. The van der Waals surface area contributed by atoms with Gasteiger partial charge in [-0.15, -0.1) is 0 Å². The topological polar surface area (TPSA) is 30.5 Å². The normalized spacial score (nSPS) is 12.6. The highest BCUT2D eigenvalue weighted by Gasteiger charge is 2.14. The highest BCUT2D eigenvalue weighted by atomic mass is 79.9. The summed E-state index contributed by atoms with van der Waals surface area (Å²) in [4.78, 5) is 0. The zero-order valence-electron chi connectivity index (χ0n) is 11.8. The van der Waals surface area contributed by atoms with Gasteiger partial charge >= 0.3 is 0 Å². The van der Waals surface area contributed by atoms with E-state index in [1.54, 1.807) is 7.11 Å². The quantitative estimate of drug-likeness (QED) is 0.666. The molecule has 0 saturated carbocycles. The minimum atomic E-state index is 0.0824. The van der Waals surface area contributed by atoms with Crippen molar-refractivity contribution in [3.05, 3.63) is 34.3 Å². The Bertz CT molecular complexity index is 347. The summed E-state index contributed by atoms with van der Waals surface area (Å²) in [6, 6.07) is 8.24. The lowest BCUT2D eigenvalue weighted by Gasteiger charge is -2.20. The Morgan fingerprint density at radius 1 is 1.26 bits per heavy atom. The van der Waals surface area contributed by atoms with E-state index in [-0.39, 0.29) is 6.10 Å². The number of halogens is 1. The molecule has 0 saturated heterocycles. The molecule has 0 radical (unpaired) electrons. The van der Waals surface area contributed by atoms with Crippen molar-refractivity contribution < 1.29 is 9.47 Å². The lowest BCUT2D eigenvalue weighted by Crippen LogP contribution is -2.24. The van der Waals surface area contributed by atoms with Crippen LogP contribution >= 0.6 is 15.9 Å². The fourth-order valence-electron chi connectivity index (χ4n) is 1.83. The van der Waals surface area contributed by atoms with Crippen LogP contribution in [0.1, 0.15) is 31.4 Å². The zero-order valence-corrected chi connectivity index (χ0v) is 13.4. The smallest absolute Gasteiger partial charge is 0.0960 e. The summed E-state index contributed by atoms with van der Waals surface area (Å²) in [6.07, 6.45) is 2.14. The minimum absolute atomic E-state index is 0.0824. The van der Waals surface area contributed by atoms with Gasteiger partial charge in [-0.2, -0.15) is 0 Å². The first-order chi connectivity index (χ1) is 9.29. The Morgan fingerprint density at radius 3 is 2.74 bits per heavy atom. The Hall–Kier alpha value is -0.420. The molecule has 108 valence electrons. The summed E-state index contributed by atoms with van der Waals surface area (Å²) in [7, 11) is 1.72. The monoisotopic (exact) mass is 329 g/mol. The third-order valence-corrected chi connectivity index (χ3v) is 3.54. The maximum Gasteiger partial charge on any atom is 0.0960 e. The van der Waals surface area contributed by atoms with E-state index in [4.69, 9.17) is 9.47 Å². The van der Waals surface area contributed by atoms with Gasteiger partial charge in [0, 0.05) is 31.3 Å². The molecular formula is C15H24BrNO2. The Labute approximate surface area is 124 Å². The molecule has 19 heavy (non-hydrogen) atoms. The molecule has 4 heteroatoms. The van der Waals surface area contributed by atoms with E-state index < -0.39 is 0 Å². The largest absolute Gasteiger partial charge is 0.385 e. The summed E-state index contributed by atoms with van der Waals surface area (Å²) >= 11 is 3.60. The molecule has 1 unspecified atom stereocenters. The molecule has 1 rings (SSSR count). The van der Waals surface area contributed by atoms with Crippen LogP contribution in [0.2, 0.25) is 0 Å². The van der Waals surface area contributed by atoms with Gasteiger partial charge in [-0.25, -0.2) is 0 Å². The number of nitrogens with one attached hydrogen (secondary N) is 1. The van der Waals surface area contributed by atoms with Gasteiger partial charge < -0.3 is 14.8 Å². The first-order valence-electron chi connectivity index (χ1n) is 6.85. The minimum Gasteiger partial charge on any atom is -0.385 e. The fraction of sp³-hybridized carbons (Fsp3) is 0.600. The van der Waals surface area contributed by atoms with Crippen LogP contribution < -0.4 is 5.32 Å². The van der Waals surface area contributed by atoms with E-state index >= 15 is 0 Å². The molecule has 0 heterocycles. The molecule has 1 atom stereocenters. The predicted octanol–water partition coefficient (Wildman–Crippen LogP) is 3.54. The molecule has 1 N–H and O–H groups in total. The van der Waals surface area contributed by atoms with Crippen LogP contribution in [0, 0.1) is 0 Å². The molecule has 0 aliphatic carbocycles. The van der Waals surface area contributed by atoms with Crippen LogP contribution in [0.15, 0.2) is 28.7 Å². The van der Waals surface area contributed by atoms with Crippen LogP contribution in [-0.2, 0) is 9.47 Å². The van der Waals surface area contributed by atoms with E-state index in [0.29, 0.717) is 6.61 Å². The summed E-state index contributed by atoms with van der Waals surface area (Å²) in [5.41, 5.74) is 1.20. The molecular weight excluding hydrogens is 306 g/mol. The zero-order chi connectivity index (χ0) is 13.9. The van der Waals surface area contributed by atoms with Crippen molar-refractivity contribution >= 4 is 15.9 Å². The Kier molecular flexibility index (Phi) is 9.08. The third-order valence-electron chi connectivity index (χ3n) is 2.82. The molecule has 0 spiro atoms. The maximum absolute atomic E-state index is 5.99. The van der Waals surface area contributed by atoms with Crippen molar-refractivity contribution in [3.8, 4) is 0 Å².